The number of rotatable bonds is 10. The minimum Gasteiger partial charge on any atom is -0.484 e. The Balaban J connectivity index is 2.11. The molecular formula is C24H31BrN2O3. The molecule has 0 aliphatic carbocycles. The Morgan fingerprint density at radius 2 is 1.80 bits per heavy atom. The monoisotopic (exact) mass is 474 g/mol. The predicted molar refractivity (Wildman–Crippen MR) is 123 cm³/mol. The van der Waals surface area contributed by atoms with Crippen molar-refractivity contribution in [3.8, 4) is 5.75 Å². The summed E-state index contributed by atoms with van der Waals surface area (Å²) in [6.45, 7) is 8.79. The quantitative estimate of drug-likeness (QED) is 0.532. The zero-order chi connectivity index (χ0) is 22.1. The van der Waals surface area contributed by atoms with Crippen molar-refractivity contribution in [2.24, 2.45) is 0 Å². The standard InChI is InChI=1S/C24H31BrN2O3/c1-5-13-26-24(29)18(4)27(15-19-7-6-8-21(25)14-19)23(28)16-30-22-11-9-20(10-12-22)17(2)3/h6-12,14,17-18H,5,13,15-16H2,1-4H3,(H,26,29)/t18-/m1/s1. The molecule has 0 aromatic heterocycles. The Kier molecular flexibility index (Phi) is 9.37. The Hall–Kier alpha value is -2.34. The normalized spacial score (nSPS) is 11.8. The van der Waals surface area contributed by atoms with E-state index in [1.807, 2.05) is 55.5 Å². The average Bonchev–Trinajstić information content (AvgIpc) is 2.74. The molecule has 0 saturated heterocycles. The van der Waals surface area contributed by atoms with Crippen LogP contribution < -0.4 is 10.1 Å². The molecule has 2 aromatic carbocycles. The third kappa shape index (κ3) is 7.17. The van der Waals surface area contributed by atoms with Crippen LogP contribution in [0.1, 0.15) is 51.2 Å². The zero-order valence-electron chi connectivity index (χ0n) is 18.2. The first kappa shape index (κ1) is 23.9. The molecule has 6 heteroatoms. The van der Waals surface area contributed by atoms with Gasteiger partial charge in [0.05, 0.1) is 0 Å². The molecule has 0 aliphatic rings. The van der Waals surface area contributed by atoms with E-state index in [-0.39, 0.29) is 18.4 Å². The van der Waals surface area contributed by atoms with Gasteiger partial charge in [0.1, 0.15) is 11.8 Å². The van der Waals surface area contributed by atoms with E-state index in [0.717, 1.165) is 16.5 Å². The van der Waals surface area contributed by atoms with Crippen LogP contribution in [0.25, 0.3) is 0 Å². The van der Waals surface area contributed by atoms with E-state index < -0.39 is 6.04 Å². The number of hydrogen-bond acceptors (Lipinski definition) is 3. The fourth-order valence-corrected chi connectivity index (χ4v) is 3.43. The molecule has 5 nitrogen and oxygen atoms in total. The average molecular weight is 475 g/mol. The fourth-order valence-electron chi connectivity index (χ4n) is 2.99. The summed E-state index contributed by atoms with van der Waals surface area (Å²) in [5, 5.41) is 2.87. The molecule has 2 rings (SSSR count). The van der Waals surface area contributed by atoms with E-state index in [1.165, 1.54) is 5.56 Å². The van der Waals surface area contributed by atoms with Gasteiger partial charge in [0.2, 0.25) is 5.91 Å². The maximum Gasteiger partial charge on any atom is 0.261 e. The van der Waals surface area contributed by atoms with Gasteiger partial charge in [0, 0.05) is 17.6 Å². The number of amides is 2. The van der Waals surface area contributed by atoms with Gasteiger partial charge in [-0.15, -0.1) is 0 Å². The first-order valence-electron chi connectivity index (χ1n) is 10.4. The summed E-state index contributed by atoms with van der Waals surface area (Å²) in [4.78, 5) is 27.1. The van der Waals surface area contributed by atoms with Gasteiger partial charge in [-0.1, -0.05) is 61.0 Å². The molecule has 0 unspecified atom stereocenters. The third-order valence-electron chi connectivity index (χ3n) is 4.87. The van der Waals surface area contributed by atoms with Crippen LogP contribution in [-0.2, 0) is 16.1 Å². The molecule has 0 aliphatic heterocycles. The molecule has 162 valence electrons. The first-order chi connectivity index (χ1) is 14.3. The molecule has 0 bridgehead atoms. The van der Waals surface area contributed by atoms with E-state index in [1.54, 1.807) is 11.8 Å². The molecule has 1 atom stereocenters. The van der Waals surface area contributed by atoms with Crippen LogP contribution in [0.3, 0.4) is 0 Å². The van der Waals surface area contributed by atoms with Crippen LogP contribution in [0, 0.1) is 0 Å². The molecule has 30 heavy (non-hydrogen) atoms. The minimum absolute atomic E-state index is 0.125. The van der Waals surface area contributed by atoms with Gasteiger partial charge in [0.15, 0.2) is 6.61 Å². The van der Waals surface area contributed by atoms with E-state index in [2.05, 4.69) is 35.1 Å². The lowest BCUT2D eigenvalue weighted by molar-refractivity contribution is -0.142. The van der Waals surface area contributed by atoms with E-state index in [0.29, 0.717) is 24.8 Å². The summed E-state index contributed by atoms with van der Waals surface area (Å²) in [5.74, 6) is 0.672. The molecule has 0 radical (unpaired) electrons. The number of carbonyl (C=O) groups excluding carboxylic acids is 2. The van der Waals surface area contributed by atoms with E-state index in [4.69, 9.17) is 4.74 Å². The van der Waals surface area contributed by atoms with Crippen LogP contribution in [0.4, 0.5) is 0 Å². The van der Waals surface area contributed by atoms with Crippen molar-refractivity contribution in [1.82, 2.24) is 10.2 Å². The van der Waals surface area contributed by atoms with Crippen molar-refractivity contribution in [1.29, 1.82) is 0 Å². The van der Waals surface area contributed by atoms with Gasteiger partial charge in [-0.3, -0.25) is 9.59 Å². The zero-order valence-corrected chi connectivity index (χ0v) is 19.7. The van der Waals surface area contributed by atoms with Crippen molar-refractivity contribution >= 4 is 27.7 Å². The Morgan fingerprint density at radius 3 is 2.40 bits per heavy atom. The summed E-state index contributed by atoms with van der Waals surface area (Å²) in [5.41, 5.74) is 2.15. The minimum atomic E-state index is -0.602. The second-order valence-electron chi connectivity index (χ2n) is 7.63. The molecule has 0 fully saturated rings. The molecule has 0 spiro atoms. The number of carbonyl (C=O) groups is 2. The van der Waals surface area contributed by atoms with Crippen LogP contribution in [-0.4, -0.2) is 35.9 Å². The highest BCUT2D eigenvalue weighted by atomic mass is 79.9. The van der Waals surface area contributed by atoms with Crippen molar-refractivity contribution in [2.75, 3.05) is 13.2 Å². The van der Waals surface area contributed by atoms with Crippen LogP contribution in [0.15, 0.2) is 53.0 Å². The summed E-state index contributed by atoms with van der Waals surface area (Å²) in [6.07, 6.45) is 0.841. The Labute approximate surface area is 187 Å². The van der Waals surface area contributed by atoms with Crippen LogP contribution in [0.5, 0.6) is 5.75 Å². The second-order valence-corrected chi connectivity index (χ2v) is 8.55. The van der Waals surface area contributed by atoms with Crippen molar-refractivity contribution in [3.05, 3.63) is 64.1 Å². The maximum absolute atomic E-state index is 13.0. The lowest BCUT2D eigenvalue weighted by Gasteiger charge is -2.28. The lowest BCUT2D eigenvalue weighted by atomic mass is 10.0. The number of halogens is 1. The SMILES string of the molecule is CCCNC(=O)[C@@H](C)N(Cc1cccc(Br)c1)C(=O)COc1ccc(C(C)C)cc1. The predicted octanol–water partition coefficient (Wildman–Crippen LogP) is 4.89. The number of nitrogens with zero attached hydrogens (tertiary/aromatic N) is 1. The molecular weight excluding hydrogens is 444 g/mol. The second kappa shape index (κ2) is 11.7. The molecule has 0 saturated carbocycles. The maximum atomic E-state index is 13.0. The van der Waals surface area contributed by atoms with Crippen molar-refractivity contribution < 1.29 is 14.3 Å². The molecule has 0 heterocycles. The van der Waals surface area contributed by atoms with Gasteiger partial charge in [-0.25, -0.2) is 0 Å². The summed E-state index contributed by atoms with van der Waals surface area (Å²) < 4.78 is 6.65. The number of ether oxygens (including phenoxy) is 1. The smallest absolute Gasteiger partial charge is 0.261 e. The Morgan fingerprint density at radius 1 is 1.10 bits per heavy atom. The van der Waals surface area contributed by atoms with Gasteiger partial charge in [-0.2, -0.15) is 0 Å². The Bertz CT molecular complexity index is 837. The highest BCUT2D eigenvalue weighted by Gasteiger charge is 2.26. The third-order valence-corrected chi connectivity index (χ3v) is 5.36. The van der Waals surface area contributed by atoms with Crippen LogP contribution in [0.2, 0.25) is 0 Å². The fraction of sp³-hybridized carbons (Fsp3) is 0.417. The van der Waals surface area contributed by atoms with Gasteiger partial charge in [0.25, 0.3) is 5.91 Å². The topological polar surface area (TPSA) is 58.6 Å². The molecule has 2 aromatic rings. The van der Waals surface area contributed by atoms with Gasteiger partial charge in [-0.05, 0) is 54.7 Å². The largest absolute Gasteiger partial charge is 0.484 e. The van der Waals surface area contributed by atoms with E-state index in [9.17, 15) is 9.59 Å². The summed E-state index contributed by atoms with van der Waals surface area (Å²) in [7, 11) is 0. The molecule has 2 amide bonds. The summed E-state index contributed by atoms with van der Waals surface area (Å²) >= 11 is 3.46. The highest BCUT2D eigenvalue weighted by Crippen LogP contribution is 2.19. The van der Waals surface area contributed by atoms with Gasteiger partial charge >= 0.3 is 0 Å². The number of hydrogen-bond donors (Lipinski definition) is 1. The van der Waals surface area contributed by atoms with Crippen molar-refractivity contribution in [3.63, 3.8) is 0 Å². The van der Waals surface area contributed by atoms with E-state index >= 15 is 0 Å². The van der Waals surface area contributed by atoms with Crippen LogP contribution >= 0.6 is 15.9 Å². The first-order valence-corrected chi connectivity index (χ1v) is 11.2. The van der Waals surface area contributed by atoms with Crippen molar-refractivity contribution in [2.45, 2.75) is 52.6 Å². The number of benzene rings is 2. The summed E-state index contributed by atoms with van der Waals surface area (Å²) in [6, 6.07) is 14.9. The highest BCUT2D eigenvalue weighted by molar-refractivity contribution is 9.10. The van der Waals surface area contributed by atoms with Gasteiger partial charge < -0.3 is 15.0 Å². The number of nitrogens with one attached hydrogen (secondary N) is 1. The molecule has 1 N–H and O–H groups in total. The lowest BCUT2D eigenvalue weighted by Crippen LogP contribution is -2.49.